The second-order valence-electron chi connectivity index (χ2n) is 5.07. The molecule has 0 aliphatic carbocycles. The van der Waals surface area contributed by atoms with Crippen LogP contribution < -0.4 is 5.32 Å². The first kappa shape index (κ1) is 13.3. The fourth-order valence-electron chi connectivity index (χ4n) is 2.40. The van der Waals surface area contributed by atoms with Crippen molar-refractivity contribution < 1.29 is 4.79 Å². The van der Waals surface area contributed by atoms with Crippen molar-refractivity contribution in [1.82, 2.24) is 29.9 Å². The Labute approximate surface area is 131 Å². The normalized spacial score (nSPS) is 11.0. The molecule has 4 aromatic rings. The SMILES string of the molecule is O=C(NCc1ccncc1)c1ccc2cnc3nncn3c2c1. The van der Waals surface area contributed by atoms with Gasteiger partial charge in [0.1, 0.15) is 6.33 Å². The molecule has 0 aliphatic rings. The Hall–Kier alpha value is -3.35. The van der Waals surface area contributed by atoms with Crippen molar-refractivity contribution in [3.05, 3.63) is 66.4 Å². The average molecular weight is 304 g/mol. The minimum Gasteiger partial charge on any atom is -0.348 e. The number of carbonyl (C=O) groups is 1. The maximum atomic E-state index is 12.4. The topological polar surface area (TPSA) is 85.1 Å². The maximum Gasteiger partial charge on any atom is 0.255 e. The van der Waals surface area contributed by atoms with E-state index in [0.29, 0.717) is 17.9 Å². The van der Waals surface area contributed by atoms with E-state index in [0.717, 1.165) is 16.5 Å². The van der Waals surface area contributed by atoms with Crippen LogP contribution in [0.2, 0.25) is 0 Å². The third-order valence-electron chi connectivity index (χ3n) is 3.60. The van der Waals surface area contributed by atoms with E-state index in [1.54, 1.807) is 35.4 Å². The van der Waals surface area contributed by atoms with Gasteiger partial charge in [0, 0.05) is 36.1 Å². The molecule has 0 radical (unpaired) electrons. The summed E-state index contributed by atoms with van der Waals surface area (Å²) in [5.41, 5.74) is 2.42. The molecule has 0 fully saturated rings. The Balaban J connectivity index is 1.64. The van der Waals surface area contributed by atoms with Gasteiger partial charge in [0.05, 0.1) is 5.52 Å². The van der Waals surface area contributed by atoms with Crippen molar-refractivity contribution in [3.8, 4) is 0 Å². The highest BCUT2D eigenvalue weighted by Gasteiger charge is 2.09. The van der Waals surface area contributed by atoms with Gasteiger partial charge in [-0.15, -0.1) is 10.2 Å². The van der Waals surface area contributed by atoms with Gasteiger partial charge in [0.2, 0.25) is 0 Å². The minimum atomic E-state index is -0.137. The summed E-state index contributed by atoms with van der Waals surface area (Å²) in [5, 5.41) is 11.6. The molecule has 3 aromatic heterocycles. The number of benzene rings is 1. The summed E-state index contributed by atoms with van der Waals surface area (Å²) in [7, 11) is 0. The fraction of sp³-hybridized carbons (Fsp3) is 0.0625. The Morgan fingerprint density at radius 2 is 2.04 bits per heavy atom. The highest BCUT2D eigenvalue weighted by molar-refractivity contribution is 5.97. The van der Waals surface area contributed by atoms with Crippen LogP contribution >= 0.6 is 0 Å². The van der Waals surface area contributed by atoms with Crippen LogP contribution in [-0.4, -0.2) is 30.5 Å². The van der Waals surface area contributed by atoms with Gasteiger partial charge < -0.3 is 5.32 Å². The molecule has 1 N–H and O–H groups in total. The monoisotopic (exact) mass is 304 g/mol. The van der Waals surface area contributed by atoms with Crippen molar-refractivity contribution >= 4 is 22.6 Å². The number of fused-ring (bicyclic) bond motifs is 3. The lowest BCUT2D eigenvalue weighted by Crippen LogP contribution is -2.22. The summed E-state index contributed by atoms with van der Waals surface area (Å²) >= 11 is 0. The molecule has 0 spiro atoms. The Morgan fingerprint density at radius 1 is 1.17 bits per heavy atom. The van der Waals surface area contributed by atoms with Gasteiger partial charge >= 0.3 is 0 Å². The number of pyridine rings is 1. The number of nitrogens with one attached hydrogen (secondary N) is 1. The van der Waals surface area contributed by atoms with Gasteiger partial charge in [-0.1, -0.05) is 6.07 Å². The van der Waals surface area contributed by atoms with E-state index >= 15 is 0 Å². The summed E-state index contributed by atoms with van der Waals surface area (Å²) < 4.78 is 1.76. The van der Waals surface area contributed by atoms with Gasteiger partial charge in [-0.25, -0.2) is 4.98 Å². The largest absolute Gasteiger partial charge is 0.348 e. The molecule has 0 saturated heterocycles. The van der Waals surface area contributed by atoms with Crippen molar-refractivity contribution in [2.24, 2.45) is 0 Å². The van der Waals surface area contributed by atoms with Gasteiger partial charge in [-0.3, -0.25) is 14.2 Å². The first-order valence-electron chi connectivity index (χ1n) is 7.07. The van der Waals surface area contributed by atoms with Crippen molar-refractivity contribution in [2.45, 2.75) is 6.54 Å². The zero-order chi connectivity index (χ0) is 15.6. The van der Waals surface area contributed by atoms with Gasteiger partial charge in [0.15, 0.2) is 0 Å². The molecule has 112 valence electrons. The number of hydrogen-bond donors (Lipinski definition) is 1. The first-order chi connectivity index (χ1) is 11.3. The van der Waals surface area contributed by atoms with E-state index in [9.17, 15) is 4.79 Å². The van der Waals surface area contributed by atoms with E-state index in [-0.39, 0.29) is 5.91 Å². The molecule has 3 heterocycles. The smallest absolute Gasteiger partial charge is 0.255 e. The van der Waals surface area contributed by atoms with Crippen LogP contribution in [0.1, 0.15) is 15.9 Å². The fourth-order valence-corrected chi connectivity index (χ4v) is 2.40. The van der Waals surface area contributed by atoms with Crippen LogP contribution in [0.15, 0.2) is 55.2 Å². The van der Waals surface area contributed by atoms with Crippen LogP contribution in [0.4, 0.5) is 0 Å². The summed E-state index contributed by atoms with van der Waals surface area (Å²) in [6.45, 7) is 0.456. The number of carbonyl (C=O) groups excluding carboxylic acids is 1. The quantitative estimate of drug-likeness (QED) is 0.621. The summed E-state index contributed by atoms with van der Waals surface area (Å²) in [6.07, 6.45) is 6.71. The van der Waals surface area contributed by atoms with E-state index in [2.05, 4.69) is 25.5 Å². The van der Waals surface area contributed by atoms with Crippen LogP contribution in [0, 0.1) is 0 Å². The molecule has 1 amide bonds. The van der Waals surface area contributed by atoms with Gasteiger partial charge in [-0.05, 0) is 29.8 Å². The predicted octanol–water partition coefficient (Wildman–Crippen LogP) is 1.60. The van der Waals surface area contributed by atoms with E-state index in [4.69, 9.17) is 0 Å². The maximum absolute atomic E-state index is 12.4. The molecule has 1 aromatic carbocycles. The van der Waals surface area contributed by atoms with Crippen LogP contribution in [-0.2, 0) is 6.54 Å². The van der Waals surface area contributed by atoms with Crippen molar-refractivity contribution in [3.63, 3.8) is 0 Å². The Bertz CT molecular complexity index is 995. The Morgan fingerprint density at radius 3 is 2.91 bits per heavy atom. The van der Waals surface area contributed by atoms with Crippen molar-refractivity contribution in [1.29, 1.82) is 0 Å². The highest BCUT2D eigenvalue weighted by atomic mass is 16.1. The molecule has 0 aliphatic heterocycles. The van der Waals surface area contributed by atoms with Crippen LogP contribution in [0.25, 0.3) is 16.7 Å². The average Bonchev–Trinajstić information content (AvgIpc) is 3.09. The standard InChI is InChI=1S/C16H12N6O/c23-15(18-8-11-3-5-17-6-4-11)12-1-2-13-9-19-16-21-20-10-22(16)14(13)7-12/h1-7,9-10H,8H2,(H,18,23). The van der Waals surface area contributed by atoms with E-state index in [1.165, 1.54) is 0 Å². The zero-order valence-corrected chi connectivity index (χ0v) is 12.0. The van der Waals surface area contributed by atoms with Crippen LogP contribution in [0.3, 0.4) is 0 Å². The number of hydrogen-bond acceptors (Lipinski definition) is 5. The minimum absolute atomic E-state index is 0.137. The molecule has 0 atom stereocenters. The molecular formula is C16H12N6O. The molecule has 7 heteroatoms. The number of rotatable bonds is 3. The third-order valence-corrected chi connectivity index (χ3v) is 3.60. The van der Waals surface area contributed by atoms with Gasteiger partial charge in [-0.2, -0.15) is 0 Å². The second-order valence-corrected chi connectivity index (χ2v) is 5.07. The molecule has 0 saturated carbocycles. The zero-order valence-electron chi connectivity index (χ0n) is 12.0. The molecule has 7 nitrogen and oxygen atoms in total. The lowest BCUT2D eigenvalue weighted by atomic mass is 10.1. The summed E-state index contributed by atoms with van der Waals surface area (Å²) in [4.78, 5) is 20.5. The number of aromatic nitrogens is 5. The van der Waals surface area contributed by atoms with Gasteiger partial charge in [0.25, 0.3) is 11.7 Å². The number of amides is 1. The predicted molar refractivity (Wildman–Crippen MR) is 83.7 cm³/mol. The first-order valence-corrected chi connectivity index (χ1v) is 7.07. The highest BCUT2D eigenvalue weighted by Crippen LogP contribution is 2.16. The molecule has 0 unspecified atom stereocenters. The van der Waals surface area contributed by atoms with Crippen molar-refractivity contribution in [2.75, 3.05) is 0 Å². The Kier molecular flexibility index (Phi) is 3.16. The third kappa shape index (κ3) is 2.48. The summed E-state index contributed by atoms with van der Waals surface area (Å²) in [5.74, 6) is 0.369. The number of nitrogens with zero attached hydrogens (tertiary/aromatic N) is 5. The molecule has 23 heavy (non-hydrogen) atoms. The van der Waals surface area contributed by atoms with E-state index in [1.807, 2.05) is 24.3 Å². The van der Waals surface area contributed by atoms with E-state index < -0.39 is 0 Å². The molecule has 4 rings (SSSR count). The molecular weight excluding hydrogens is 292 g/mol. The lowest BCUT2D eigenvalue weighted by Gasteiger charge is -2.07. The van der Waals surface area contributed by atoms with Crippen LogP contribution in [0.5, 0.6) is 0 Å². The molecule has 0 bridgehead atoms. The summed E-state index contributed by atoms with van der Waals surface area (Å²) in [6, 6.07) is 9.19. The lowest BCUT2D eigenvalue weighted by molar-refractivity contribution is 0.0951. The second kappa shape index (κ2) is 5.45.